The molecule has 14 heavy (non-hydrogen) atoms. The van der Waals surface area contributed by atoms with E-state index in [9.17, 15) is 0 Å². The van der Waals surface area contributed by atoms with E-state index in [1.807, 2.05) is 12.1 Å². The number of rotatable bonds is 4. The Bertz CT molecular complexity index is 315. The Labute approximate surface area is 94.6 Å². The van der Waals surface area contributed by atoms with Gasteiger partial charge in [-0.15, -0.1) is 0 Å². The standard InChI is InChI=1S/C10H13ClO2S/c1-12-8-4-3-7(5-6-14)9(11)10(8)13-2/h3-4,14H,5-6H2,1-2H3. The number of thiol groups is 1. The summed E-state index contributed by atoms with van der Waals surface area (Å²) in [5.74, 6) is 2.00. The number of hydrogen-bond donors (Lipinski definition) is 1. The second kappa shape index (κ2) is 5.37. The van der Waals surface area contributed by atoms with Crippen molar-refractivity contribution >= 4 is 24.2 Å². The molecule has 0 aromatic heterocycles. The predicted molar refractivity (Wildman–Crippen MR) is 62.1 cm³/mol. The maximum absolute atomic E-state index is 6.13. The lowest BCUT2D eigenvalue weighted by Gasteiger charge is -2.11. The molecule has 1 aromatic carbocycles. The smallest absolute Gasteiger partial charge is 0.179 e. The monoisotopic (exact) mass is 232 g/mol. The highest BCUT2D eigenvalue weighted by atomic mass is 35.5. The van der Waals surface area contributed by atoms with Crippen LogP contribution >= 0.6 is 24.2 Å². The number of benzene rings is 1. The van der Waals surface area contributed by atoms with Crippen LogP contribution in [0.25, 0.3) is 0 Å². The fourth-order valence-corrected chi connectivity index (χ4v) is 1.81. The van der Waals surface area contributed by atoms with E-state index in [4.69, 9.17) is 21.1 Å². The summed E-state index contributed by atoms with van der Waals surface area (Å²) in [4.78, 5) is 0. The number of methoxy groups -OCH3 is 2. The van der Waals surface area contributed by atoms with Crippen molar-refractivity contribution in [2.75, 3.05) is 20.0 Å². The van der Waals surface area contributed by atoms with Crippen LogP contribution in [-0.2, 0) is 6.42 Å². The summed E-state index contributed by atoms with van der Waals surface area (Å²) in [6, 6.07) is 3.78. The minimum absolute atomic E-state index is 0.591. The van der Waals surface area contributed by atoms with E-state index in [-0.39, 0.29) is 0 Å². The first kappa shape index (κ1) is 11.5. The Kier molecular flexibility index (Phi) is 4.42. The van der Waals surface area contributed by atoms with Crippen molar-refractivity contribution in [3.63, 3.8) is 0 Å². The fraction of sp³-hybridized carbons (Fsp3) is 0.400. The molecule has 0 atom stereocenters. The second-order valence-electron chi connectivity index (χ2n) is 2.75. The van der Waals surface area contributed by atoms with Crippen LogP contribution < -0.4 is 9.47 Å². The van der Waals surface area contributed by atoms with Crippen LogP contribution in [0.1, 0.15) is 5.56 Å². The van der Waals surface area contributed by atoms with E-state index in [1.54, 1.807) is 14.2 Å². The van der Waals surface area contributed by atoms with Gasteiger partial charge in [-0.25, -0.2) is 0 Å². The lowest BCUT2D eigenvalue weighted by atomic mass is 10.1. The molecule has 0 aliphatic heterocycles. The lowest BCUT2D eigenvalue weighted by molar-refractivity contribution is 0.355. The first-order valence-corrected chi connectivity index (χ1v) is 5.25. The zero-order chi connectivity index (χ0) is 10.6. The van der Waals surface area contributed by atoms with Gasteiger partial charge in [-0.05, 0) is 23.8 Å². The Morgan fingerprint density at radius 1 is 1.29 bits per heavy atom. The van der Waals surface area contributed by atoms with E-state index in [0.29, 0.717) is 16.5 Å². The number of hydrogen-bond acceptors (Lipinski definition) is 3. The summed E-state index contributed by atoms with van der Waals surface area (Å²) in [6.45, 7) is 0. The Morgan fingerprint density at radius 3 is 2.50 bits per heavy atom. The van der Waals surface area contributed by atoms with E-state index in [2.05, 4.69) is 12.6 Å². The van der Waals surface area contributed by atoms with Gasteiger partial charge < -0.3 is 9.47 Å². The maximum atomic E-state index is 6.13. The molecule has 0 fully saturated rings. The van der Waals surface area contributed by atoms with Gasteiger partial charge in [0.15, 0.2) is 11.5 Å². The summed E-state index contributed by atoms with van der Waals surface area (Å²) < 4.78 is 10.3. The zero-order valence-electron chi connectivity index (χ0n) is 8.21. The van der Waals surface area contributed by atoms with Crippen LogP contribution in [-0.4, -0.2) is 20.0 Å². The summed E-state index contributed by atoms with van der Waals surface area (Å²) in [7, 11) is 3.17. The average Bonchev–Trinajstić information content (AvgIpc) is 2.21. The molecule has 1 rings (SSSR count). The van der Waals surface area contributed by atoms with Gasteiger partial charge in [0.25, 0.3) is 0 Å². The molecular formula is C10H13ClO2S. The molecule has 0 unspecified atom stereocenters. The molecule has 78 valence electrons. The van der Waals surface area contributed by atoms with Crippen molar-refractivity contribution in [3.05, 3.63) is 22.7 Å². The van der Waals surface area contributed by atoms with Gasteiger partial charge in [0, 0.05) is 0 Å². The molecule has 0 amide bonds. The second-order valence-corrected chi connectivity index (χ2v) is 3.57. The molecule has 0 aliphatic rings. The molecule has 0 heterocycles. The van der Waals surface area contributed by atoms with Crippen molar-refractivity contribution < 1.29 is 9.47 Å². The number of ether oxygens (including phenoxy) is 2. The van der Waals surface area contributed by atoms with Crippen LogP contribution in [0.5, 0.6) is 11.5 Å². The largest absolute Gasteiger partial charge is 0.493 e. The molecule has 0 N–H and O–H groups in total. The first-order chi connectivity index (χ1) is 6.74. The molecule has 0 saturated heterocycles. The highest BCUT2D eigenvalue weighted by Gasteiger charge is 2.11. The molecule has 0 saturated carbocycles. The van der Waals surface area contributed by atoms with Gasteiger partial charge in [0.05, 0.1) is 19.2 Å². The number of aryl methyl sites for hydroxylation is 1. The van der Waals surface area contributed by atoms with Gasteiger partial charge in [0.2, 0.25) is 0 Å². The zero-order valence-corrected chi connectivity index (χ0v) is 9.86. The van der Waals surface area contributed by atoms with Gasteiger partial charge in [-0.1, -0.05) is 17.7 Å². The van der Waals surface area contributed by atoms with E-state index in [0.717, 1.165) is 17.7 Å². The molecule has 1 aromatic rings. The van der Waals surface area contributed by atoms with Crippen LogP contribution in [0.2, 0.25) is 5.02 Å². The molecule has 2 nitrogen and oxygen atoms in total. The van der Waals surface area contributed by atoms with Crippen molar-refractivity contribution in [2.24, 2.45) is 0 Å². The Morgan fingerprint density at radius 2 is 2.00 bits per heavy atom. The molecule has 0 bridgehead atoms. The summed E-state index contributed by atoms with van der Waals surface area (Å²) >= 11 is 10.3. The SMILES string of the molecule is COc1ccc(CCS)c(Cl)c1OC. The van der Waals surface area contributed by atoms with E-state index >= 15 is 0 Å². The van der Waals surface area contributed by atoms with Gasteiger partial charge in [0.1, 0.15) is 0 Å². The van der Waals surface area contributed by atoms with Crippen molar-refractivity contribution in [2.45, 2.75) is 6.42 Å². The van der Waals surface area contributed by atoms with E-state index in [1.165, 1.54) is 0 Å². The number of halogens is 1. The van der Waals surface area contributed by atoms with Crippen molar-refractivity contribution in [1.29, 1.82) is 0 Å². The van der Waals surface area contributed by atoms with Crippen LogP contribution in [0.3, 0.4) is 0 Å². The van der Waals surface area contributed by atoms with Crippen molar-refractivity contribution in [3.8, 4) is 11.5 Å². The Hall–Kier alpha value is -0.540. The summed E-state index contributed by atoms with van der Waals surface area (Å²) in [6.07, 6.45) is 0.822. The van der Waals surface area contributed by atoms with Gasteiger partial charge in [-0.3, -0.25) is 0 Å². The lowest BCUT2D eigenvalue weighted by Crippen LogP contribution is -1.95. The minimum Gasteiger partial charge on any atom is -0.493 e. The van der Waals surface area contributed by atoms with Crippen molar-refractivity contribution in [1.82, 2.24) is 0 Å². The minimum atomic E-state index is 0.591. The molecule has 0 spiro atoms. The van der Waals surface area contributed by atoms with Gasteiger partial charge in [-0.2, -0.15) is 12.6 Å². The van der Waals surface area contributed by atoms with Crippen LogP contribution in [0.4, 0.5) is 0 Å². The third-order valence-electron chi connectivity index (χ3n) is 1.95. The highest BCUT2D eigenvalue weighted by Crippen LogP contribution is 2.37. The van der Waals surface area contributed by atoms with Crippen LogP contribution in [0, 0.1) is 0 Å². The first-order valence-electron chi connectivity index (χ1n) is 4.24. The molecular weight excluding hydrogens is 220 g/mol. The maximum Gasteiger partial charge on any atom is 0.179 e. The summed E-state index contributed by atoms with van der Waals surface area (Å²) in [5.41, 5.74) is 1.03. The normalized spacial score (nSPS) is 10.0. The van der Waals surface area contributed by atoms with Gasteiger partial charge >= 0.3 is 0 Å². The fourth-order valence-electron chi connectivity index (χ4n) is 1.24. The topological polar surface area (TPSA) is 18.5 Å². The Balaban J connectivity index is 3.13. The highest BCUT2D eigenvalue weighted by molar-refractivity contribution is 7.80. The third-order valence-corrected chi connectivity index (χ3v) is 2.58. The predicted octanol–water partition coefficient (Wildman–Crippen LogP) is 2.83. The molecule has 4 heteroatoms. The van der Waals surface area contributed by atoms with E-state index < -0.39 is 0 Å². The quantitative estimate of drug-likeness (QED) is 0.805. The van der Waals surface area contributed by atoms with Crippen LogP contribution in [0.15, 0.2) is 12.1 Å². The molecule has 0 aliphatic carbocycles. The third kappa shape index (κ3) is 2.28. The summed E-state index contributed by atoms with van der Waals surface area (Å²) in [5, 5.41) is 0.612. The average molecular weight is 233 g/mol. The molecule has 0 radical (unpaired) electrons.